The van der Waals surface area contributed by atoms with Crippen LogP contribution in [0.5, 0.6) is 0 Å². The molecule has 2 aromatic heterocycles. The van der Waals surface area contributed by atoms with Gasteiger partial charge in [-0.15, -0.1) is 0 Å². The van der Waals surface area contributed by atoms with Crippen molar-refractivity contribution in [2.24, 2.45) is 16.5 Å². The van der Waals surface area contributed by atoms with Crippen LogP contribution in [0.15, 0.2) is 90.4 Å². The van der Waals surface area contributed by atoms with Gasteiger partial charge in [-0.1, -0.05) is 60.7 Å². The predicted molar refractivity (Wildman–Crippen MR) is 258 cm³/mol. The van der Waals surface area contributed by atoms with Crippen LogP contribution < -0.4 is 48.7 Å². The molecule has 5 aromatic rings. The monoisotopic (exact) mass is 961 g/mol. The van der Waals surface area contributed by atoms with E-state index in [1.54, 1.807) is 12.3 Å². The molecule has 6 atom stereocenters. The Labute approximate surface area is 402 Å². The van der Waals surface area contributed by atoms with Crippen molar-refractivity contribution in [1.29, 1.82) is 0 Å². The second-order valence-corrected chi connectivity index (χ2v) is 17.1. The number of hydrogen-bond acceptors (Lipinski definition) is 10. The Kier molecular flexibility index (Phi) is 18.0. The number of carbonyl (C=O) groups is 8. The first-order valence-corrected chi connectivity index (χ1v) is 23.0. The number of aromatic nitrogens is 3. The number of imidazole rings is 1. The fourth-order valence-electron chi connectivity index (χ4n) is 8.17. The number of amides is 7. The zero-order valence-electron chi connectivity index (χ0n) is 38.6. The third-order valence-corrected chi connectivity index (χ3v) is 11.7. The van der Waals surface area contributed by atoms with Crippen LogP contribution in [0.4, 0.5) is 0 Å². The summed E-state index contributed by atoms with van der Waals surface area (Å²) in [5.74, 6) is -6.92. The molecule has 0 unspecified atom stereocenters. The molecule has 6 rings (SSSR count). The van der Waals surface area contributed by atoms with Crippen molar-refractivity contribution >= 4 is 75.0 Å². The van der Waals surface area contributed by atoms with E-state index in [2.05, 4.69) is 57.2 Å². The fraction of sp³-hybridized carbons (Fsp3) is 0.375. The molecule has 70 heavy (non-hydrogen) atoms. The first-order chi connectivity index (χ1) is 33.6. The summed E-state index contributed by atoms with van der Waals surface area (Å²) in [5, 5.41) is 31.4. The molecule has 1 fully saturated rings. The van der Waals surface area contributed by atoms with E-state index >= 15 is 0 Å². The second kappa shape index (κ2) is 24.6. The van der Waals surface area contributed by atoms with Crippen molar-refractivity contribution in [1.82, 2.24) is 52.2 Å². The normalized spacial score (nSPS) is 21.6. The number of carbonyl (C=O) groups excluding carboxylic acids is 7. The Morgan fingerprint density at radius 1 is 0.757 bits per heavy atom. The minimum Gasteiger partial charge on any atom is -0.480 e. The summed E-state index contributed by atoms with van der Waals surface area (Å²) in [5.41, 5.74) is 13.6. The summed E-state index contributed by atoms with van der Waals surface area (Å²) in [6, 6.07) is 12.0. The zero-order chi connectivity index (χ0) is 50.2. The van der Waals surface area contributed by atoms with Gasteiger partial charge < -0.3 is 63.8 Å². The van der Waals surface area contributed by atoms with Gasteiger partial charge in [0.05, 0.1) is 12.7 Å². The van der Waals surface area contributed by atoms with Crippen LogP contribution in [-0.4, -0.2) is 123 Å². The number of fused-ring (bicyclic) bond motifs is 2. The number of hydrogen-bond donors (Lipinski definition) is 12. The summed E-state index contributed by atoms with van der Waals surface area (Å²) < 4.78 is 0. The summed E-state index contributed by atoms with van der Waals surface area (Å²) in [6.07, 6.45) is 4.19. The number of aromatic amines is 2. The number of H-pyrrole nitrogens is 2. The lowest BCUT2D eigenvalue weighted by Crippen LogP contribution is -2.60. The van der Waals surface area contributed by atoms with E-state index in [4.69, 9.17) is 11.5 Å². The van der Waals surface area contributed by atoms with Crippen molar-refractivity contribution in [2.75, 3.05) is 13.1 Å². The first kappa shape index (κ1) is 51.1. The topological polar surface area (TPSA) is 350 Å². The van der Waals surface area contributed by atoms with E-state index in [9.17, 15) is 43.5 Å². The Morgan fingerprint density at radius 3 is 2.13 bits per heavy atom. The summed E-state index contributed by atoms with van der Waals surface area (Å²) in [6.45, 7) is 1.28. The highest BCUT2D eigenvalue weighted by molar-refractivity contribution is 5.98. The van der Waals surface area contributed by atoms with Crippen LogP contribution in [0.25, 0.3) is 21.7 Å². The number of carboxylic acids is 1. The molecule has 22 heteroatoms. The molecule has 22 nitrogen and oxygen atoms in total. The van der Waals surface area contributed by atoms with Crippen molar-refractivity contribution in [3.63, 3.8) is 0 Å². The lowest BCUT2D eigenvalue weighted by atomic mass is 9.99. The van der Waals surface area contributed by atoms with Crippen molar-refractivity contribution in [3.8, 4) is 0 Å². The lowest BCUT2D eigenvalue weighted by molar-refractivity contribution is -0.142. The number of para-hydroxylation sites is 1. The number of carboxylic acid groups (broad SMARTS) is 1. The number of aliphatic carboxylic acids is 1. The number of benzene rings is 3. The standard InChI is InChI=1S/C48H59N13O9/c1-27(62)56-40-23-41(63)52-17-7-6-13-36(47(69)70)58-44(66)38(21-31-24-54-34-12-5-4-11-33(31)34)60-42(64)35(14-8-18-53-48(49)50)57-43(65)37(20-28-15-16-29-9-2-3-10-30(29)19-28)59-45(67)39(61-46(40)68)22-32-25-51-26-55-32/h2-5,9-12,15-16,19,24-26,35-40,54H,6-8,13-14,17-18,20-23H2,1H3,(H,51,55)(H,52,63)(H,56,62)(H,57,65)(H,58,66)(H,59,67)(H,60,64)(H,61,68)(H,69,70)(H4,49,50,53)/t35-,36-,37+,38-,39-,40-/m0/s1. The smallest absolute Gasteiger partial charge is 0.326 e. The van der Waals surface area contributed by atoms with Gasteiger partial charge in [-0.05, 0) is 60.1 Å². The molecule has 7 amide bonds. The predicted octanol–water partition coefficient (Wildman–Crippen LogP) is -0.171. The van der Waals surface area contributed by atoms with E-state index < -0.39 is 90.0 Å². The highest BCUT2D eigenvalue weighted by Gasteiger charge is 2.35. The Hall–Kier alpha value is -8.30. The van der Waals surface area contributed by atoms with Crippen molar-refractivity contribution < 1.29 is 43.5 Å². The van der Waals surface area contributed by atoms with Gasteiger partial charge in [0.15, 0.2) is 5.96 Å². The maximum absolute atomic E-state index is 14.8. The molecule has 0 radical (unpaired) electrons. The largest absolute Gasteiger partial charge is 0.480 e. The summed E-state index contributed by atoms with van der Waals surface area (Å²) in [7, 11) is 0. The number of aliphatic imine (C=N–C) groups is 1. The molecule has 0 aliphatic carbocycles. The van der Waals surface area contributed by atoms with Crippen LogP contribution in [0, 0.1) is 0 Å². The van der Waals surface area contributed by atoms with Crippen LogP contribution in [0.3, 0.4) is 0 Å². The van der Waals surface area contributed by atoms with E-state index in [1.807, 2.05) is 60.7 Å². The minimum absolute atomic E-state index is 0.0531. The number of nitrogens with zero attached hydrogens (tertiary/aromatic N) is 2. The number of rotatable bonds is 12. The number of nitrogens with two attached hydrogens (primary N) is 2. The fourth-order valence-corrected chi connectivity index (χ4v) is 8.17. The van der Waals surface area contributed by atoms with Gasteiger partial charge in [0.25, 0.3) is 0 Å². The maximum atomic E-state index is 14.8. The van der Waals surface area contributed by atoms with Gasteiger partial charge in [0, 0.05) is 68.3 Å². The highest BCUT2D eigenvalue weighted by Crippen LogP contribution is 2.21. The Bertz CT molecular complexity index is 2700. The Morgan fingerprint density at radius 2 is 1.41 bits per heavy atom. The Balaban J connectivity index is 1.39. The van der Waals surface area contributed by atoms with Crippen LogP contribution in [0.1, 0.15) is 62.3 Å². The van der Waals surface area contributed by atoms with E-state index in [-0.39, 0.29) is 70.4 Å². The van der Waals surface area contributed by atoms with Gasteiger partial charge in [0.2, 0.25) is 41.4 Å². The van der Waals surface area contributed by atoms with E-state index in [1.165, 1.54) is 12.5 Å². The number of nitrogens with one attached hydrogen (secondary N) is 9. The average molecular weight is 962 g/mol. The molecule has 1 aliphatic heterocycles. The van der Waals surface area contributed by atoms with Gasteiger partial charge in [-0.2, -0.15) is 0 Å². The second-order valence-electron chi connectivity index (χ2n) is 17.1. The molecule has 1 saturated heterocycles. The highest BCUT2D eigenvalue weighted by atomic mass is 16.4. The van der Waals surface area contributed by atoms with E-state index in [0.29, 0.717) is 16.8 Å². The SMILES string of the molecule is CC(=O)N[C@H]1CC(=O)NCCCC[C@@H](C(=O)O)NC(=O)[C@H](Cc2c[nH]c3ccccc23)NC(=O)[C@H](CCCN=C(N)N)NC(=O)[C@@H](Cc2ccc3ccccc3c2)NC(=O)[C@H](Cc2cnc[nH]2)NC1=O. The van der Waals surface area contributed by atoms with Crippen molar-refractivity contribution in [3.05, 3.63) is 102 Å². The van der Waals surface area contributed by atoms with Crippen LogP contribution in [0.2, 0.25) is 0 Å². The van der Waals surface area contributed by atoms with Crippen molar-refractivity contribution in [2.45, 2.75) is 101 Å². The molecule has 3 heterocycles. The molecule has 0 spiro atoms. The molecule has 0 saturated carbocycles. The molecular formula is C48H59N13O9. The molecule has 3 aromatic carbocycles. The number of guanidine groups is 1. The minimum atomic E-state index is -1.44. The van der Waals surface area contributed by atoms with Gasteiger partial charge in [-0.3, -0.25) is 38.6 Å². The van der Waals surface area contributed by atoms with Crippen LogP contribution >= 0.6 is 0 Å². The third kappa shape index (κ3) is 14.8. The lowest BCUT2D eigenvalue weighted by Gasteiger charge is -2.27. The zero-order valence-corrected chi connectivity index (χ0v) is 38.6. The quantitative estimate of drug-likeness (QED) is 0.0441. The molecule has 1 aliphatic rings. The average Bonchev–Trinajstić information content (AvgIpc) is 4.00. The molecule has 370 valence electrons. The third-order valence-electron chi connectivity index (χ3n) is 11.7. The molecule has 14 N–H and O–H groups in total. The molecular weight excluding hydrogens is 903 g/mol. The maximum Gasteiger partial charge on any atom is 0.326 e. The first-order valence-electron chi connectivity index (χ1n) is 23.0. The summed E-state index contributed by atoms with van der Waals surface area (Å²) in [4.78, 5) is 124. The van der Waals surface area contributed by atoms with Gasteiger partial charge >= 0.3 is 5.97 Å². The summed E-state index contributed by atoms with van der Waals surface area (Å²) >= 11 is 0. The van der Waals surface area contributed by atoms with Crippen LogP contribution in [-0.2, 0) is 57.6 Å². The van der Waals surface area contributed by atoms with Gasteiger partial charge in [0.1, 0.15) is 36.3 Å². The van der Waals surface area contributed by atoms with Gasteiger partial charge in [-0.25, -0.2) is 9.78 Å². The van der Waals surface area contributed by atoms with E-state index in [0.717, 1.165) is 28.6 Å². The molecule has 0 bridgehead atoms.